The Labute approximate surface area is 121 Å². The number of hydrogen-bond acceptors (Lipinski definition) is 5. The molecule has 1 aromatic heterocycles. The molecule has 2 aromatic rings. The molecule has 4 N–H and O–H groups in total. The number of hydrogen-bond donors (Lipinski definition) is 4. The molecule has 0 bridgehead atoms. The van der Waals surface area contributed by atoms with Crippen LogP contribution in [0.15, 0.2) is 30.5 Å². The second-order valence-corrected chi connectivity index (χ2v) is 5.62. The van der Waals surface area contributed by atoms with E-state index in [1.165, 1.54) is 0 Å². The quantitative estimate of drug-likeness (QED) is 0.600. The van der Waals surface area contributed by atoms with E-state index in [0.29, 0.717) is 0 Å². The summed E-state index contributed by atoms with van der Waals surface area (Å²) >= 11 is 0. The van der Waals surface area contributed by atoms with Crippen molar-refractivity contribution >= 4 is 10.9 Å². The maximum atomic E-state index is 10.5. The smallest absolute Gasteiger partial charge is 0.198 e. The minimum atomic E-state index is -1.91. The van der Waals surface area contributed by atoms with Crippen molar-refractivity contribution in [1.82, 2.24) is 4.57 Å². The van der Waals surface area contributed by atoms with Crippen molar-refractivity contribution in [1.29, 1.82) is 0 Å². The largest absolute Gasteiger partial charge is 0.388 e. The molecule has 6 nitrogen and oxygen atoms in total. The van der Waals surface area contributed by atoms with Crippen LogP contribution >= 0.6 is 0 Å². The van der Waals surface area contributed by atoms with Crippen LogP contribution in [-0.4, -0.2) is 55.7 Å². The van der Waals surface area contributed by atoms with Gasteiger partial charge < -0.3 is 29.7 Å². The van der Waals surface area contributed by atoms with Gasteiger partial charge in [0, 0.05) is 30.6 Å². The van der Waals surface area contributed by atoms with Crippen LogP contribution in [0.2, 0.25) is 0 Å². The van der Waals surface area contributed by atoms with Gasteiger partial charge in [-0.2, -0.15) is 0 Å². The number of fused-ring (bicyclic) bond motifs is 1. The zero-order valence-electron chi connectivity index (χ0n) is 11.7. The first-order chi connectivity index (χ1) is 9.92. The summed E-state index contributed by atoms with van der Waals surface area (Å²) in [6.07, 6.45) is -2.32. The Balaban J connectivity index is 1.94. The Bertz CT molecular complexity index is 655. The minimum absolute atomic E-state index is 0.0271. The molecule has 1 fully saturated rings. The van der Waals surface area contributed by atoms with Gasteiger partial charge in [0.25, 0.3) is 0 Å². The van der Waals surface area contributed by atoms with E-state index < -0.39 is 24.1 Å². The number of aliphatic hydroxyl groups is 4. The lowest BCUT2D eigenvalue weighted by Gasteiger charge is -2.41. The van der Waals surface area contributed by atoms with E-state index in [-0.39, 0.29) is 13.0 Å². The van der Waals surface area contributed by atoms with Crippen LogP contribution in [0.3, 0.4) is 0 Å². The maximum absolute atomic E-state index is 10.5. The van der Waals surface area contributed by atoms with E-state index in [1.807, 2.05) is 42.1 Å². The van der Waals surface area contributed by atoms with Crippen molar-refractivity contribution in [2.75, 3.05) is 6.61 Å². The molecule has 0 saturated carbocycles. The van der Waals surface area contributed by atoms with E-state index in [1.54, 1.807) is 0 Å². The predicted molar refractivity (Wildman–Crippen MR) is 75.5 cm³/mol. The summed E-state index contributed by atoms with van der Waals surface area (Å²) in [5.74, 6) is -1.91. The highest BCUT2D eigenvalue weighted by molar-refractivity contribution is 5.84. The molecule has 114 valence electrons. The summed E-state index contributed by atoms with van der Waals surface area (Å²) < 4.78 is 7.13. The van der Waals surface area contributed by atoms with Crippen molar-refractivity contribution in [3.05, 3.63) is 36.0 Å². The fourth-order valence-electron chi connectivity index (χ4n) is 2.89. The fraction of sp³-hybridized carbons (Fsp3) is 0.467. The minimum Gasteiger partial charge on any atom is -0.388 e. The number of para-hydroxylation sites is 1. The second kappa shape index (κ2) is 5.08. The van der Waals surface area contributed by atoms with Gasteiger partial charge in [0.2, 0.25) is 0 Å². The van der Waals surface area contributed by atoms with Gasteiger partial charge in [-0.1, -0.05) is 18.2 Å². The maximum Gasteiger partial charge on any atom is 0.198 e. The number of aryl methyl sites for hydroxylation is 1. The zero-order chi connectivity index (χ0) is 15.2. The van der Waals surface area contributed by atoms with Crippen LogP contribution in [0.5, 0.6) is 0 Å². The Morgan fingerprint density at radius 2 is 2.00 bits per heavy atom. The standard InChI is InChI=1S/C15H19NO5/c1-16-7-9(10-4-2-3-5-11(10)16)6-15(20)14(19)13(18)12(17)8-21-15/h2-5,7,12-14,17-20H,6,8H2,1H3/t12-,13+,14-,15+/m0/s1. The summed E-state index contributed by atoms with van der Waals surface area (Å²) in [4.78, 5) is 0. The molecule has 21 heavy (non-hydrogen) atoms. The summed E-state index contributed by atoms with van der Waals surface area (Å²) in [6.45, 7) is -0.223. The highest BCUT2D eigenvalue weighted by Crippen LogP contribution is 2.31. The highest BCUT2D eigenvalue weighted by atomic mass is 16.6. The van der Waals surface area contributed by atoms with Crippen LogP contribution in [0.1, 0.15) is 5.56 Å². The number of rotatable bonds is 2. The first kappa shape index (κ1) is 14.5. The molecule has 1 saturated heterocycles. The van der Waals surface area contributed by atoms with Crippen molar-refractivity contribution in [3.63, 3.8) is 0 Å². The van der Waals surface area contributed by atoms with Gasteiger partial charge >= 0.3 is 0 Å². The Kier molecular flexibility index (Phi) is 3.51. The molecule has 0 spiro atoms. The molecule has 4 atom stereocenters. The van der Waals surface area contributed by atoms with Crippen molar-refractivity contribution in [3.8, 4) is 0 Å². The van der Waals surface area contributed by atoms with Crippen LogP contribution in [0.25, 0.3) is 10.9 Å². The summed E-state index contributed by atoms with van der Waals surface area (Å²) in [6, 6.07) is 7.70. The first-order valence-electron chi connectivity index (χ1n) is 6.86. The number of benzene rings is 1. The van der Waals surface area contributed by atoms with Crippen molar-refractivity contribution in [2.45, 2.75) is 30.5 Å². The van der Waals surface area contributed by atoms with Gasteiger partial charge in [0.05, 0.1) is 6.61 Å². The number of aliphatic hydroxyl groups excluding tert-OH is 3. The topological polar surface area (TPSA) is 95.1 Å². The van der Waals surface area contributed by atoms with E-state index in [9.17, 15) is 20.4 Å². The fourth-order valence-corrected chi connectivity index (χ4v) is 2.89. The summed E-state index contributed by atoms with van der Waals surface area (Å²) in [7, 11) is 1.90. The number of ether oxygens (including phenoxy) is 1. The van der Waals surface area contributed by atoms with Gasteiger partial charge in [0.1, 0.15) is 18.3 Å². The third-order valence-corrected chi connectivity index (χ3v) is 4.11. The SMILES string of the molecule is Cn1cc(C[C@@]2(O)OC[C@H](O)[C@@H](O)[C@@H]2O)c2ccccc21. The van der Waals surface area contributed by atoms with Crippen LogP contribution in [0, 0.1) is 0 Å². The molecular formula is C15H19NO5. The third kappa shape index (κ3) is 2.35. The second-order valence-electron chi connectivity index (χ2n) is 5.62. The van der Waals surface area contributed by atoms with Gasteiger partial charge in [0.15, 0.2) is 5.79 Å². The van der Waals surface area contributed by atoms with E-state index in [4.69, 9.17) is 4.74 Å². The Morgan fingerprint density at radius 1 is 1.29 bits per heavy atom. The molecule has 3 rings (SSSR count). The molecule has 1 aliphatic rings. The van der Waals surface area contributed by atoms with Crippen LogP contribution < -0.4 is 0 Å². The third-order valence-electron chi connectivity index (χ3n) is 4.11. The first-order valence-corrected chi connectivity index (χ1v) is 6.86. The number of aromatic nitrogens is 1. The lowest BCUT2D eigenvalue weighted by molar-refractivity contribution is -0.320. The van der Waals surface area contributed by atoms with Crippen LogP contribution in [-0.2, 0) is 18.2 Å². The zero-order valence-corrected chi connectivity index (χ0v) is 11.7. The van der Waals surface area contributed by atoms with E-state index in [2.05, 4.69) is 0 Å². The molecule has 0 aliphatic carbocycles. The van der Waals surface area contributed by atoms with Crippen molar-refractivity contribution < 1.29 is 25.2 Å². The monoisotopic (exact) mass is 293 g/mol. The normalized spacial score (nSPS) is 33.5. The van der Waals surface area contributed by atoms with Gasteiger partial charge in [-0.15, -0.1) is 0 Å². The van der Waals surface area contributed by atoms with Gasteiger partial charge in [-0.05, 0) is 11.6 Å². The molecule has 1 aliphatic heterocycles. The Morgan fingerprint density at radius 3 is 2.76 bits per heavy atom. The van der Waals surface area contributed by atoms with Gasteiger partial charge in [-0.25, -0.2) is 0 Å². The predicted octanol–water partition coefficient (Wildman–Crippen LogP) is -0.478. The molecule has 1 aromatic carbocycles. The summed E-state index contributed by atoms with van der Waals surface area (Å²) in [5, 5.41) is 40.7. The highest BCUT2D eigenvalue weighted by Gasteiger charge is 2.48. The average molecular weight is 293 g/mol. The lowest BCUT2D eigenvalue weighted by atomic mass is 9.91. The van der Waals surface area contributed by atoms with Crippen molar-refractivity contribution in [2.24, 2.45) is 7.05 Å². The molecule has 6 heteroatoms. The Hall–Kier alpha value is -1.44. The van der Waals surface area contributed by atoms with Crippen LogP contribution in [0.4, 0.5) is 0 Å². The molecule has 0 amide bonds. The molecule has 2 heterocycles. The van der Waals surface area contributed by atoms with Gasteiger partial charge in [-0.3, -0.25) is 0 Å². The number of nitrogens with zero attached hydrogens (tertiary/aromatic N) is 1. The molecular weight excluding hydrogens is 274 g/mol. The average Bonchev–Trinajstić information content (AvgIpc) is 2.78. The molecule has 0 radical (unpaired) electrons. The lowest BCUT2D eigenvalue weighted by Crippen LogP contribution is -2.61. The van der Waals surface area contributed by atoms with E-state index in [0.717, 1.165) is 16.5 Å². The summed E-state index contributed by atoms with van der Waals surface area (Å²) in [5.41, 5.74) is 1.81. The van der Waals surface area contributed by atoms with E-state index >= 15 is 0 Å². The molecule has 0 unspecified atom stereocenters.